The lowest BCUT2D eigenvalue weighted by Gasteiger charge is -2.01. The number of thioether (sulfide) groups is 1. The fourth-order valence-corrected chi connectivity index (χ4v) is 4.59. The first-order valence-corrected chi connectivity index (χ1v) is 10.3. The van der Waals surface area contributed by atoms with Crippen LogP contribution in [0.3, 0.4) is 0 Å². The number of aromatic nitrogens is 2. The van der Waals surface area contributed by atoms with Gasteiger partial charge < -0.3 is 5.32 Å². The number of rotatable bonds is 8. The topological polar surface area (TPSA) is 54.9 Å². The summed E-state index contributed by atoms with van der Waals surface area (Å²) in [5.41, 5.74) is 2.22. The van der Waals surface area contributed by atoms with E-state index in [2.05, 4.69) is 34.6 Å². The third-order valence-electron chi connectivity index (χ3n) is 3.25. The number of nitrogens with zero attached hydrogens (tertiary/aromatic N) is 2. The van der Waals surface area contributed by atoms with Crippen LogP contribution in [-0.4, -0.2) is 21.7 Å². The minimum Gasteiger partial charge on any atom is -0.330 e. The van der Waals surface area contributed by atoms with Gasteiger partial charge in [0.15, 0.2) is 10.1 Å². The third-order valence-corrected chi connectivity index (χ3v) is 6.21. The van der Waals surface area contributed by atoms with E-state index in [0.717, 1.165) is 32.2 Å². The largest absolute Gasteiger partial charge is 0.330 e. The molecular weight excluding hydrogens is 358 g/mol. The number of benzene rings is 1. The molecule has 0 amide bonds. The number of ketones is 1. The zero-order valence-corrected chi connectivity index (χ0v) is 15.6. The monoisotopic (exact) mass is 375 g/mol. The maximum atomic E-state index is 11.9. The van der Waals surface area contributed by atoms with Gasteiger partial charge in [0.2, 0.25) is 5.13 Å². The molecule has 24 heavy (non-hydrogen) atoms. The van der Waals surface area contributed by atoms with E-state index >= 15 is 0 Å². The molecule has 0 aliphatic rings. The van der Waals surface area contributed by atoms with E-state index in [9.17, 15) is 4.79 Å². The summed E-state index contributed by atoms with van der Waals surface area (Å²) in [5.74, 6) is 1.10. The lowest BCUT2D eigenvalue weighted by molar-refractivity contribution is 0.0986. The van der Waals surface area contributed by atoms with Crippen LogP contribution in [0.15, 0.2) is 46.1 Å². The van der Waals surface area contributed by atoms with Crippen molar-refractivity contribution in [3.63, 3.8) is 0 Å². The van der Waals surface area contributed by atoms with Crippen molar-refractivity contribution in [2.75, 3.05) is 11.1 Å². The summed E-state index contributed by atoms with van der Waals surface area (Å²) >= 11 is 4.69. The van der Waals surface area contributed by atoms with Crippen molar-refractivity contribution in [2.45, 2.75) is 24.1 Å². The molecule has 0 unspecified atom stereocenters. The number of nitrogens with one attached hydrogen (secondary N) is 1. The minimum absolute atomic E-state index is 0.227. The molecular formula is C17H17N3OS3. The van der Waals surface area contributed by atoms with E-state index in [1.807, 2.05) is 29.6 Å². The van der Waals surface area contributed by atoms with Crippen LogP contribution in [0.4, 0.5) is 10.8 Å². The van der Waals surface area contributed by atoms with Crippen molar-refractivity contribution < 1.29 is 4.79 Å². The molecule has 7 heteroatoms. The van der Waals surface area contributed by atoms with Crippen molar-refractivity contribution in [3.05, 3.63) is 52.2 Å². The summed E-state index contributed by atoms with van der Waals surface area (Å²) in [4.78, 5) is 12.8. The smallest absolute Gasteiger partial charge is 0.210 e. The molecule has 0 atom stereocenters. The second kappa shape index (κ2) is 8.41. The van der Waals surface area contributed by atoms with E-state index < -0.39 is 0 Å². The highest BCUT2D eigenvalue weighted by molar-refractivity contribution is 8.01. The normalized spacial score (nSPS) is 10.7. The Balaban J connectivity index is 1.44. The Morgan fingerprint density at radius 2 is 2.17 bits per heavy atom. The summed E-state index contributed by atoms with van der Waals surface area (Å²) < 4.78 is 0.925. The molecule has 0 aliphatic heterocycles. The molecule has 2 aromatic heterocycles. The molecule has 0 spiro atoms. The number of hydrogen-bond donors (Lipinski definition) is 1. The minimum atomic E-state index is 0.227. The summed E-state index contributed by atoms with van der Waals surface area (Å²) in [5, 5.41) is 14.4. The van der Waals surface area contributed by atoms with E-state index in [1.165, 1.54) is 28.2 Å². The van der Waals surface area contributed by atoms with Gasteiger partial charge in [0.25, 0.3) is 0 Å². The predicted octanol–water partition coefficient (Wildman–Crippen LogP) is 5.41. The highest BCUT2D eigenvalue weighted by Gasteiger charge is 2.08. The van der Waals surface area contributed by atoms with Gasteiger partial charge >= 0.3 is 0 Å². The van der Waals surface area contributed by atoms with Crippen LogP contribution < -0.4 is 5.32 Å². The Kier molecular flexibility index (Phi) is 6.01. The molecule has 124 valence electrons. The fraction of sp³-hybridized carbons (Fsp3) is 0.235. The molecule has 3 rings (SSSR count). The Hall–Kier alpha value is -1.70. The Bertz CT molecular complexity index is 799. The van der Waals surface area contributed by atoms with Gasteiger partial charge in [-0.25, -0.2) is 0 Å². The van der Waals surface area contributed by atoms with E-state index in [4.69, 9.17) is 0 Å². The van der Waals surface area contributed by atoms with Crippen LogP contribution in [0.1, 0.15) is 28.1 Å². The van der Waals surface area contributed by atoms with Gasteiger partial charge in [-0.2, -0.15) is 0 Å². The Morgan fingerprint density at radius 1 is 1.25 bits per heavy atom. The van der Waals surface area contributed by atoms with E-state index in [0.29, 0.717) is 6.42 Å². The van der Waals surface area contributed by atoms with Crippen LogP contribution in [0, 0.1) is 6.92 Å². The van der Waals surface area contributed by atoms with Gasteiger partial charge in [-0.15, -0.1) is 21.5 Å². The highest BCUT2D eigenvalue weighted by atomic mass is 32.2. The fourth-order valence-electron chi connectivity index (χ4n) is 2.12. The molecule has 2 heterocycles. The highest BCUT2D eigenvalue weighted by Crippen LogP contribution is 2.28. The van der Waals surface area contributed by atoms with Gasteiger partial charge in [0.1, 0.15) is 0 Å². The first-order chi connectivity index (χ1) is 11.7. The van der Waals surface area contributed by atoms with Gasteiger partial charge in [-0.05, 0) is 42.5 Å². The average Bonchev–Trinajstić information content (AvgIpc) is 3.23. The number of aryl methyl sites for hydroxylation is 1. The van der Waals surface area contributed by atoms with Crippen molar-refractivity contribution in [3.8, 4) is 0 Å². The molecule has 1 N–H and O–H groups in total. The number of carbonyl (C=O) groups is 1. The molecule has 0 saturated carbocycles. The number of hydrogen-bond acceptors (Lipinski definition) is 7. The number of anilines is 2. The molecule has 0 fully saturated rings. The third kappa shape index (κ3) is 4.90. The molecule has 0 aliphatic carbocycles. The van der Waals surface area contributed by atoms with E-state index in [1.54, 1.807) is 11.8 Å². The van der Waals surface area contributed by atoms with Crippen LogP contribution in [0.25, 0.3) is 0 Å². The second-order valence-electron chi connectivity index (χ2n) is 5.22. The summed E-state index contributed by atoms with van der Waals surface area (Å²) in [6.45, 7) is 2.06. The summed E-state index contributed by atoms with van der Waals surface area (Å²) in [7, 11) is 0. The molecule has 3 aromatic rings. The molecule has 0 radical (unpaired) electrons. The van der Waals surface area contributed by atoms with Gasteiger partial charge in [-0.1, -0.05) is 41.3 Å². The zero-order chi connectivity index (χ0) is 16.8. The SMILES string of the molecule is Cc1cccc(Nc2nnc(SCCCC(=O)c3cccs3)s2)c1. The number of carbonyl (C=O) groups excluding carboxylic acids is 1. The van der Waals surface area contributed by atoms with Crippen LogP contribution >= 0.6 is 34.4 Å². The molecule has 1 aromatic carbocycles. The van der Waals surface area contributed by atoms with Gasteiger partial charge in [0, 0.05) is 17.9 Å². The zero-order valence-electron chi connectivity index (χ0n) is 13.2. The second-order valence-corrected chi connectivity index (χ2v) is 8.49. The maximum absolute atomic E-state index is 11.9. The quantitative estimate of drug-likeness (QED) is 0.324. The van der Waals surface area contributed by atoms with Crippen molar-refractivity contribution in [2.24, 2.45) is 0 Å². The number of thiophene rings is 1. The van der Waals surface area contributed by atoms with Crippen LogP contribution in [0.5, 0.6) is 0 Å². The van der Waals surface area contributed by atoms with Crippen LogP contribution in [-0.2, 0) is 0 Å². The van der Waals surface area contributed by atoms with Crippen molar-refractivity contribution in [1.29, 1.82) is 0 Å². The van der Waals surface area contributed by atoms with Crippen molar-refractivity contribution >= 4 is 51.0 Å². The molecule has 0 saturated heterocycles. The molecule has 4 nitrogen and oxygen atoms in total. The Morgan fingerprint density at radius 3 is 2.96 bits per heavy atom. The van der Waals surface area contributed by atoms with Gasteiger partial charge in [-0.3, -0.25) is 4.79 Å². The summed E-state index contributed by atoms with van der Waals surface area (Å²) in [6.07, 6.45) is 1.43. The lowest BCUT2D eigenvalue weighted by atomic mass is 10.2. The summed E-state index contributed by atoms with van der Waals surface area (Å²) in [6, 6.07) is 12.0. The van der Waals surface area contributed by atoms with Crippen LogP contribution in [0.2, 0.25) is 0 Å². The maximum Gasteiger partial charge on any atom is 0.210 e. The van der Waals surface area contributed by atoms with Gasteiger partial charge in [0.05, 0.1) is 4.88 Å². The first-order valence-electron chi connectivity index (χ1n) is 7.57. The van der Waals surface area contributed by atoms with Crippen molar-refractivity contribution in [1.82, 2.24) is 10.2 Å². The first kappa shape index (κ1) is 17.1. The Labute approximate surface area is 153 Å². The molecule has 0 bridgehead atoms. The standard InChI is InChI=1S/C17H17N3OS3/c1-12-5-2-6-13(11-12)18-16-19-20-17(24-16)23-10-3-7-14(21)15-8-4-9-22-15/h2,4-6,8-9,11H,3,7,10H2,1H3,(H,18,19). The lowest BCUT2D eigenvalue weighted by Crippen LogP contribution is -1.96. The number of Topliss-reactive ketones (excluding diaryl/α,β-unsaturated/α-hetero) is 1. The van der Waals surface area contributed by atoms with E-state index in [-0.39, 0.29) is 5.78 Å². The predicted molar refractivity (Wildman–Crippen MR) is 103 cm³/mol. The average molecular weight is 376 g/mol.